The number of aromatic nitrogens is 9. The number of ether oxygens (including phenoxy) is 1. The molecule has 8 heterocycles. The maximum absolute atomic E-state index is 16.5. The lowest BCUT2D eigenvalue weighted by Crippen LogP contribution is -2.56. The highest BCUT2D eigenvalue weighted by molar-refractivity contribution is 6.00. The highest BCUT2D eigenvalue weighted by Crippen LogP contribution is 2.57. The third kappa shape index (κ3) is 7.10. The molecule has 20 heteroatoms. The molecule has 0 bridgehead atoms. The number of hydrogen-bond donors (Lipinski definition) is 2. The predicted molar refractivity (Wildman–Crippen MR) is 270 cm³/mol. The van der Waals surface area contributed by atoms with Crippen molar-refractivity contribution in [1.29, 1.82) is 0 Å². The molecule has 8 aromatic rings. The van der Waals surface area contributed by atoms with E-state index in [4.69, 9.17) is 20.1 Å². The molecular weight excluding hydrogens is 951 g/mol. The number of hydrogen-bond acceptors (Lipinski definition) is 10. The fourth-order valence-corrected chi connectivity index (χ4v) is 12.7. The Hall–Kier alpha value is -7.45. The number of piperidine rings is 1. The van der Waals surface area contributed by atoms with Gasteiger partial charge in [-0.2, -0.15) is 10.2 Å². The van der Waals surface area contributed by atoms with E-state index < -0.39 is 34.3 Å². The zero-order valence-corrected chi connectivity index (χ0v) is 42.4. The summed E-state index contributed by atoms with van der Waals surface area (Å²) in [5.74, 6) is -1.47. The number of nitrogens with zero attached hydrogens (tertiary/aromatic N) is 10. The zero-order valence-electron chi connectivity index (χ0n) is 42.4. The standard InChI is InChI=1S/C54H58F2N12O6/c1-29-20-36(21-30(2)44(29)55)68-47(65-18-17-64(51(65)72)40-11-10-39-37(45(40)56)27-58-62(39)7)43-32(4)66(28-53(46(43)60-68)13-15-63(16-14-53)42(69)26-57)48(70)41-23-35-22-33(34-12-19-73-52(5,6)25-34)8-9-38(35)67(41)54(24-31(54)3)49-59-50(71)74-61-49/h8-11,17-18,20-23,27,31-32,34H,12-16,19,24-26,28,57H2,1-7H3,(H,59,61,71)/t31-,32-,34-,54-/m0/s1. The molecule has 3 N–H and O–H groups in total. The van der Waals surface area contributed by atoms with Crippen LogP contribution in [-0.2, 0) is 27.5 Å². The van der Waals surface area contributed by atoms with E-state index in [2.05, 4.69) is 54.2 Å². The van der Waals surface area contributed by atoms with Crippen molar-refractivity contribution in [1.82, 2.24) is 53.2 Å². The van der Waals surface area contributed by atoms with Crippen LogP contribution in [0.1, 0.15) is 116 Å². The number of carbonyl (C=O) groups is 2. The minimum absolute atomic E-state index is 0.00845. The molecule has 18 nitrogen and oxygen atoms in total. The fraction of sp³-hybridized carbons (Fsp3) is 0.426. The Morgan fingerprint density at radius 3 is 2.32 bits per heavy atom. The van der Waals surface area contributed by atoms with E-state index >= 15 is 18.4 Å². The number of carbonyl (C=O) groups excluding carboxylic acids is 2. The average Bonchev–Trinajstić information content (AvgIpc) is 4.03. The van der Waals surface area contributed by atoms with E-state index in [1.54, 1.807) is 59.6 Å². The van der Waals surface area contributed by atoms with Crippen LogP contribution < -0.4 is 17.2 Å². The number of aryl methyl sites for hydroxylation is 3. The molecule has 5 aromatic heterocycles. The van der Waals surface area contributed by atoms with Crippen molar-refractivity contribution >= 4 is 33.6 Å². The Labute approximate surface area is 423 Å². The highest BCUT2D eigenvalue weighted by atomic mass is 19.1. The molecule has 74 heavy (non-hydrogen) atoms. The van der Waals surface area contributed by atoms with Crippen LogP contribution in [0.15, 0.2) is 81.2 Å². The van der Waals surface area contributed by atoms with Crippen LogP contribution in [0.2, 0.25) is 0 Å². The number of imidazole rings is 1. The summed E-state index contributed by atoms with van der Waals surface area (Å²) in [5, 5.41) is 14.9. The smallest absolute Gasteiger partial charge is 0.376 e. The van der Waals surface area contributed by atoms with Crippen LogP contribution in [0.5, 0.6) is 0 Å². The highest BCUT2D eigenvalue weighted by Gasteiger charge is 2.60. The van der Waals surface area contributed by atoms with Gasteiger partial charge in [0.25, 0.3) is 5.91 Å². The number of nitrogens with two attached hydrogens (primary N) is 1. The molecule has 2 amide bonds. The SMILES string of the molecule is Cc1cc(-n2nc3c(c2-n2ccn(-c4ccc5c(cnn5C)c4F)c2=O)[C@H](C)N(C(=O)c2cc4cc([C@H]5CCOC(C)(C)C5)ccc4n2[C@@]2(c4noc(=O)[nH]4)C[C@@H]2C)CC32CCN(C(=O)CN)CC2)cc(C)c1F. The molecule has 12 rings (SSSR count). The molecule has 384 valence electrons. The number of rotatable bonds is 8. The van der Waals surface area contributed by atoms with Crippen LogP contribution in [-0.4, -0.2) is 103 Å². The molecule has 3 fully saturated rings. The van der Waals surface area contributed by atoms with Gasteiger partial charge in [0.1, 0.15) is 22.9 Å². The number of nitrogens with one attached hydrogen (secondary N) is 1. The summed E-state index contributed by atoms with van der Waals surface area (Å²) in [6.45, 7) is 12.8. The van der Waals surface area contributed by atoms with E-state index in [1.165, 1.54) is 27.6 Å². The van der Waals surface area contributed by atoms with Gasteiger partial charge in [-0.15, -0.1) is 0 Å². The molecule has 4 atom stereocenters. The lowest BCUT2D eigenvalue weighted by Gasteiger charge is -2.49. The average molecular weight is 1010 g/mol. The molecule has 0 radical (unpaired) electrons. The Morgan fingerprint density at radius 1 is 0.932 bits per heavy atom. The lowest BCUT2D eigenvalue weighted by molar-refractivity contribution is -0.131. The Morgan fingerprint density at radius 2 is 1.65 bits per heavy atom. The second-order valence-corrected chi connectivity index (χ2v) is 21.7. The molecular formula is C54H58F2N12O6. The lowest BCUT2D eigenvalue weighted by atomic mass is 9.70. The van der Waals surface area contributed by atoms with E-state index in [1.807, 2.05) is 22.5 Å². The maximum Gasteiger partial charge on any atom is 0.438 e. The molecule has 0 unspecified atom stereocenters. The van der Waals surface area contributed by atoms with Crippen molar-refractivity contribution in [2.45, 2.75) is 102 Å². The molecule has 1 aliphatic carbocycles. The van der Waals surface area contributed by atoms with Gasteiger partial charge in [-0.3, -0.25) is 32.9 Å². The number of benzene rings is 3. The van der Waals surface area contributed by atoms with Crippen LogP contribution in [0.25, 0.3) is 39.0 Å². The summed E-state index contributed by atoms with van der Waals surface area (Å²) in [6.07, 6.45) is 7.48. The number of halogens is 2. The first-order valence-corrected chi connectivity index (χ1v) is 25.3. The number of likely N-dealkylation sites (tertiary alicyclic amines) is 1. The quantitative estimate of drug-likeness (QED) is 0.165. The van der Waals surface area contributed by atoms with Gasteiger partial charge in [-0.05, 0) is 138 Å². The van der Waals surface area contributed by atoms with E-state index in [9.17, 15) is 9.59 Å². The molecule has 3 aromatic carbocycles. The third-order valence-electron chi connectivity index (χ3n) is 16.8. The topological polar surface area (TPSA) is 202 Å². The Kier molecular flexibility index (Phi) is 10.8. The van der Waals surface area contributed by atoms with Crippen molar-refractivity contribution in [3.8, 4) is 17.2 Å². The van der Waals surface area contributed by atoms with Crippen molar-refractivity contribution in [3.05, 3.63) is 139 Å². The van der Waals surface area contributed by atoms with Gasteiger partial charge < -0.3 is 24.8 Å². The summed E-state index contributed by atoms with van der Waals surface area (Å²) in [6, 6.07) is 14.1. The first-order chi connectivity index (χ1) is 35.3. The van der Waals surface area contributed by atoms with Gasteiger partial charge in [-0.25, -0.2) is 23.1 Å². The number of H-pyrrole nitrogens is 1. The van der Waals surface area contributed by atoms with E-state index in [-0.39, 0.29) is 59.2 Å². The minimum Gasteiger partial charge on any atom is -0.376 e. The Balaban J connectivity index is 1.07. The number of aromatic amines is 1. The number of amides is 2. The first-order valence-electron chi connectivity index (χ1n) is 25.3. The van der Waals surface area contributed by atoms with Crippen LogP contribution in [0.4, 0.5) is 8.78 Å². The third-order valence-corrected chi connectivity index (χ3v) is 16.8. The van der Waals surface area contributed by atoms with Gasteiger partial charge in [-0.1, -0.05) is 18.1 Å². The van der Waals surface area contributed by atoms with Crippen molar-refractivity contribution in [2.75, 3.05) is 32.8 Å². The Bertz CT molecular complexity index is 3730. The largest absolute Gasteiger partial charge is 0.438 e. The van der Waals surface area contributed by atoms with Gasteiger partial charge in [0.05, 0.1) is 52.4 Å². The van der Waals surface area contributed by atoms with Gasteiger partial charge in [0.2, 0.25) is 5.91 Å². The van der Waals surface area contributed by atoms with E-state index in [0.29, 0.717) is 89.9 Å². The first kappa shape index (κ1) is 47.5. The molecule has 2 saturated heterocycles. The zero-order chi connectivity index (χ0) is 51.9. The van der Waals surface area contributed by atoms with Crippen LogP contribution >= 0.6 is 0 Å². The predicted octanol–water partition coefficient (Wildman–Crippen LogP) is 6.72. The van der Waals surface area contributed by atoms with Crippen molar-refractivity contribution in [2.24, 2.45) is 18.7 Å². The van der Waals surface area contributed by atoms with Crippen LogP contribution in [0.3, 0.4) is 0 Å². The monoisotopic (exact) mass is 1010 g/mol. The summed E-state index contributed by atoms with van der Waals surface area (Å²) in [5.41, 5.74) is 8.38. The summed E-state index contributed by atoms with van der Waals surface area (Å²) >= 11 is 0. The maximum atomic E-state index is 16.5. The molecule has 1 saturated carbocycles. The van der Waals surface area contributed by atoms with Crippen LogP contribution in [0, 0.1) is 31.4 Å². The summed E-state index contributed by atoms with van der Waals surface area (Å²) in [4.78, 5) is 63.6. The molecule has 4 aliphatic rings. The normalized spacial score (nSPS) is 22.3. The molecule has 1 spiro atoms. The van der Waals surface area contributed by atoms with Gasteiger partial charge in [0.15, 0.2) is 11.6 Å². The fourth-order valence-electron chi connectivity index (χ4n) is 12.7. The molecule has 3 aliphatic heterocycles. The second-order valence-electron chi connectivity index (χ2n) is 21.7. The number of fused-ring (bicyclic) bond motifs is 4. The minimum atomic E-state index is -0.935. The van der Waals surface area contributed by atoms with Gasteiger partial charge >= 0.3 is 11.4 Å². The van der Waals surface area contributed by atoms with Gasteiger partial charge in [0, 0.05) is 67.6 Å². The van der Waals surface area contributed by atoms with Crippen molar-refractivity contribution < 1.29 is 27.6 Å². The summed E-state index contributed by atoms with van der Waals surface area (Å²) in [7, 11) is 1.71. The van der Waals surface area contributed by atoms with Crippen molar-refractivity contribution in [3.63, 3.8) is 0 Å². The van der Waals surface area contributed by atoms with E-state index in [0.717, 1.165) is 29.3 Å². The second kappa shape index (κ2) is 16.8. The summed E-state index contributed by atoms with van der Waals surface area (Å²) < 4.78 is 51.0.